The number of benzene rings is 1. The quantitative estimate of drug-likeness (QED) is 0.671. The molecule has 8 heteroatoms. The number of sulfonamides is 1. The van der Waals surface area contributed by atoms with Gasteiger partial charge in [0.05, 0.1) is 10.5 Å². The average Bonchev–Trinajstić information content (AvgIpc) is 2.74. The van der Waals surface area contributed by atoms with E-state index in [4.69, 9.17) is 4.74 Å². The number of hydrogen-bond donors (Lipinski definition) is 1. The summed E-state index contributed by atoms with van der Waals surface area (Å²) >= 11 is 0. The second kappa shape index (κ2) is 10.1. The molecule has 1 atom stereocenters. The first-order chi connectivity index (χ1) is 14.7. The molecule has 0 radical (unpaired) electrons. The molecule has 2 fully saturated rings. The summed E-state index contributed by atoms with van der Waals surface area (Å²) in [6.45, 7) is 5.95. The molecule has 1 aromatic carbocycles. The maximum Gasteiger partial charge on any atom is 0.338 e. The Morgan fingerprint density at radius 2 is 1.81 bits per heavy atom. The Labute approximate surface area is 185 Å². The fourth-order valence-corrected chi connectivity index (χ4v) is 6.15. The smallest absolute Gasteiger partial charge is 0.338 e. The highest BCUT2D eigenvalue weighted by molar-refractivity contribution is 7.89. The second-order valence-electron chi connectivity index (χ2n) is 9.04. The maximum absolute atomic E-state index is 13.1. The van der Waals surface area contributed by atoms with Gasteiger partial charge >= 0.3 is 5.97 Å². The second-order valence-corrected chi connectivity index (χ2v) is 10.9. The molecule has 1 aliphatic carbocycles. The zero-order chi connectivity index (χ0) is 22.6. The number of amides is 1. The van der Waals surface area contributed by atoms with Crippen molar-refractivity contribution in [1.82, 2.24) is 9.62 Å². The summed E-state index contributed by atoms with van der Waals surface area (Å²) < 4.78 is 32.9. The van der Waals surface area contributed by atoms with Gasteiger partial charge in [-0.3, -0.25) is 4.79 Å². The Kier molecular flexibility index (Phi) is 7.75. The standard InChI is InChI=1S/C23H34N2O5S/c1-16-7-10-19(11-8-16)24-22(26)15-30-23(27)21-14-20(12-9-17(21)2)31(28,29)25-13-5-4-6-18(25)3/h9,12,14,16,18-19H,4-8,10-11,13,15H2,1-3H3,(H,24,26). The predicted molar refractivity (Wildman–Crippen MR) is 118 cm³/mol. The van der Waals surface area contributed by atoms with Crippen molar-refractivity contribution >= 4 is 21.9 Å². The van der Waals surface area contributed by atoms with E-state index in [2.05, 4.69) is 12.2 Å². The Morgan fingerprint density at radius 1 is 1.10 bits per heavy atom. The summed E-state index contributed by atoms with van der Waals surface area (Å²) in [6, 6.07) is 4.57. The number of piperidine rings is 1. The van der Waals surface area contributed by atoms with Gasteiger partial charge in [-0.15, -0.1) is 0 Å². The highest BCUT2D eigenvalue weighted by Crippen LogP contribution is 2.27. The number of nitrogens with one attached hydrogen (secondary N) is 1. The van der Waals surface area contributed by atoms with Crippen LogP contribution in [0.15, 0.2) is 23.1 Å². The van der Waals surface area contributed by atoms with Crippen molar-refractivity contribution in [3.05, 3.63) is 29.3 Å². The maximum atomic E-state index is 13.1. The minimum Gasteiger partial charge on any atom is -0.452 e. The van der Waals surface area contributed by atoms with Crippen LogP contribution in [0.2, 0.25) is 0 Å². The summed E-state index contributed by atoms with van der Waals surface area (Å²) in [7, 11) is -3.69. The fraction of sp³-hybridized carbons (Fsp3) is 0.652. The molecule has 1 saturated carbocycles. The number of carbonyl (C=O) groups excluding carboxylic acids is 2. The first-order valence-electron chi connectivity index (χ1n) is 11.3. The van der Waals surface area contributed by atoms with Crippen molar-refractivity contribution in [2.24, 2.45) is 5.92 Å². The molecule has 1 aliphatic heterocycles. The first-order valence-corrected chi connectivity index (χ1v) is 12.7. The van der Waals surface area contributed by atoms with E-state index in [1.807, 2.05) is 6.92 Å². The van der Waals surface area contributed by atoms with Crippen LogP contribution in [0, 0.1) is 12.8 Å². The van der Waals surface area contributed by atoms with Gasteiger partial charge in [0.1, 0.15) is 0 Å². The largest absolute Gasteiger partial charge is 0.452 e. The van der Waals surface area contributed by atoms with Gasteiger partial charge in [-0.05, 0) is 76.0 Å². The lowest BCUT2D eigenvalue weighted by Gasteiger charge is -2.32. The van der Waals surface area contributed by atoms with Crippen molar-refractivity contribution < 1.29 is 22.7 Å². The minimum atomic E-state index is -3.69. The number of carbonyl (C=O) groups is 2. The lowest BCUT2D eigenvalue weighted by atomic mass is 9.87. The van der Waals surface area contributed by atoms with E-state index in [0.717, 1.165) is 44.9 Å². The fourth-order valence-electron chi connectivity index (χ4n) is 4.43. The lowest BCUT2D eigenvalue weighted by Crippen LogP contribution is -2.42. The molecule has 1 heterocycles. The first kappa shape index (κ1) is 23.7. The summed E-state index contributed by atoms with van der Waals surface area (Å²) in [4.78, 5) is 24.9. The molecule has 3 rings (SSSR count). The van der Waals surface area contributed by atoms with Crippen LogP contribution in [0.1, 0.15) is 74.7 Å². The summed E-state index contributed by atoms with van der Waals surface area (Å²) in [5, 5.41) is 2.93. The van der Waals surface area contributed by atoms with Crippen molar-refractivity contribution in [2.75, 3.05) is 13.2 Å². The van der Waals surface area contributed by atoms with Crippen LogP contribution >= 0.6 is 0 Å². The SMILES string of the molecule is Cc1ccc(S(=O)(=O)N2CCCCC2C)cc1C(=O)OCC(=O)NC1CCC(C)CC1. The van der Waals surface area contributed by atoms with Gasteiger partial charge in [0, 0.05) is 18.6 Å². The van der Waals surface area contributed by atoms with Gasteiger partial charge in [0.25, 0.3) is 5.91 Å². The van der Waals surface area contributed by atoms with Crippen LogP contribution in [0.4, 0.5) is 0 Å². The number of aryl methyl sites for hydroxylation is 1. The Bertz CT molecular complexity index is 907. The highest BCUT2D eigenvalue weighted by atomic mass is 32.2. The van der Waals surface area contributed by atoms with Gasteiger partial charge in [-0.25, -0.2) is 13.2 Å². The molecular formula is C23H34N2O5S. The number of hydrogen-bond acceptors (Lipinski definition) is 5. The molecule has 0 bridgehead atoms. The van der Waals surface area contributed by atoms with Gasteiger partial charge < -0.3 is 10.1 Å². The van der Waals surface area contributed by atoms with E-state index in [9.17, 15) is 18.0 Å². The molecule has 2 aliphatic rings. The van der Waals surface area contributed by atoms with Crippen LogP contribution < -0.4 is 5.32 Å². The van der Waals surface area contributed by atoms with E-state index >= 15 is 0 Å². The summed E-state index contributed by atoms with van der Waals surface area (Å²) in [6.07, 6.45) is 6.72. The summed E-state index contributed by atoms with van der Waals surface area (Å²) in [5.41, 5.74) is 0.780. The minimum absolute atomic E-state index is 0.0677. The van der Waals surface area contributed by atoms with Crippen LogP contribution in [-0.2, 0) is 19.6 Å². The van der Waals surface area contributed by atoms with E-state index in [0.29, 0.717) is 18.0 Å². The van der Waals surface area contributed by atoms with Crippen molar-refractivity contribution in [3.63, 3.8) is 0 Å². The molecule has 1 amide bonds. The van der Waals surface area contributed by atoms with Crippen molar-refractivity contribution in [3.8, 4) is 0 Å². The number of ether oxygens (including phenoxy) is 1. The number of nitrogens with zero attached hydrogens (tertiary/aromatic N) is 1. The zero-order valence-electron chi connectivity index (χ0n) is 18.7. The van der Waals surface area contributed by atoms with E-state index < -0.39 is 16.0 Å². The molecular weight excluding hydrogens is 416 g/mol. The van der Waals surface area contributed by atoms with E-state index in [-0.39, 0.29) is 35.1 Å². The summed E-state index contributed by atoms with van der Waals surface area (Å²) in [5.74, 6) is -0.324. The van der Waals surface area contributed by atoms with Crippen molar-refractivity contribution in [2.45, 2.75) is 82.7 Å². The molecule has 7 nitrogen and oxygen atoms in total. The third-order valence-electron chi connectivity index (χ3n) is 6.49. The molecule has 172 valence electrons. The number of rotatable bonds is 6. The Hall–Kier alpha value is -1.93. The molecule has 31 heavy (non-hydrogen) atoms. The molecule has 1 N–H and O–H groups in total. The van der Waals surface area contributed by atoms with Gasteiger partial charge in [-0.1, -0.05) is 19.4 Å². The predicted octanol–water partition coefficient (Wildman–Crippen LogP) is 3.41. The van der Waals surface area contributed by atoms with Crippen molar-refractivity contribution in [1.29, 1.82) is 0 Å². The van der Waals surface area contributed by atoms with E-state index in [1.54, 1.807) is 13.0 Å². The lowest BCUT2D eigenvalue weighted by molar-refractivity contribution is -0.125. The highest BCUT2D eigenvalue weighted by Gasteiger charge is 2.31. The normalized spacial score (nSPS) is 25.1. The van der Waals surface area contributed by atoms with Gasteiger partial charge in [0.15, 0.2) is 6.61 Å². The zero-order valence-corrected chi connectivity index (χ0v) is 19.5. The molecule has 0 spiro atoms. The van der Waals surface area contributed by atoms with Gasteiger partial charge in [-0.2, -0.15) is 4.31 Å². The molecule has 1 unspecified atom stereocenters. The van der Waals surface area contributed by atoms with E-state index in [1.165, 1.54) is 16.4 Å². The van der Waals surface area contributed by atoms with Crippen LogP contribution in [-0.4, -0.2) is 49.8 Å². The Balaban J connectivity index is 1.64. The van der Waals surface area contributed by atoms with Crippen LogP contribution in [0.3, 0.4) is 0 Å². The van der Waals surface area contributed by atoms with Crippen LogP contribution in [0.25, 0.3) is 0 Å². The third-order valence-corrected chi connectivity index (χ3v) is 8.50. The van der Waals surface area contributed by atoms with Gasteiger partial charge in [0.2, 0.25) is 10.0 Å². The molecule has 1 aromatic rings. The Morgan fingerprint density at radius 3 is 2.48 bits per heavy atom. The monoisotopic (exact) mass is 450 g/mol. The third kappa shape index (κ3) is 5.86. The average molecular weight is 451 g/mol. The molecule has 0 aromatic heterocycles. The topological polar surface area (TPSA) is 92.8 Å². The number of esters is 1. The van der Waals surface area contributed by atoms with Crippen LogP contribution in [0.5, 0.6) is 0 Å². The molecule has 1 saturated heterocycles.